The Kier molecular flexibility index (Phi) is 10.3. The Bertz CT molecular complexity index is 303. The summed E-state index contributed by atoms with van der Waals surface area (Å²) >= 11 is 0. The number of nitrogens with zero attached hydrogens (tertiary/aromatic N) is 1. The Morgan fingerprint density at radius 2 is 1.73 bits per heavy atom. The molecule has 0 saturated carbocycles. The summed E-state index contributed by atoms with van der Waals surface area (Å²) in [5.41, 5.74) is -0.514. The van der Waals surface area contributed by atoms with Crippen molar-refractivity contribution in [3.63, 3.8) is 0 Å². The van der Waals surface area contributed by atoms with E-state index < -0.39 is 5.60 Å². The third kappa shape index (κ3) is 9.19. The third-order valence-electron chi connectivity index (χ3n) is 2.94. The molecule has 0 saturated heterocycles. The van der Waals surface area contributed by atoms with E-state index in [1.54, 1.807) is 26.2 Å². The van der Waals surface area contributed by atoms with Gasteiger partial charge in [-0.3, -0.25) is 0 Å². The fourth-order valence-electron chi connectivity index (χ4n) is 1.85. The number of hydrogen-bond acceptors (Lipinski definition) is 6. The first-order valence-corrected chi connectivity index (χ1v) is 7.51. The molecule has 0 spiro atoms. The molecular weight excluding hydrogens is 288 g/mol. The Hall–Kier alpha value is -0.890. The molecular formula is C15H32N2O5. The molecule has 1 amide bonds. The molecule has 0 aromatic rings. The van der Waals surface area contributed by atoms with Crippen LogP contribution in [0.4, 0.5) is 4.79 Å². The summed E-state index contributed by atoms with van der Waals surface area (Å²) in [5.74, 6) is 0. The van der Waals surface area contributed by atoms with Crippen LogP contribution in [-0.4, -0.2) is 76.5 Å². The maximum absolute atomic E-state index is 12.2. The fraction of sp³-hybridized carbons (Fsp3) is 0.933. The van der Waals surface area contributed by atoms with Gasteiger partial charge in [-0.2, -0.15) is 0 Å². The molecule has 0 radical (unpaired) electrons. The van der Waals surface area contributed by atoms with Gasteiger partial charge in [0, 0.05) is 41.0 Å². The summed E-state index contributed by atoms with van der Waals surface area (Å²) in [5, 5.41) is 3.27. The SMILES string of the molecule is COCCN(CCNC(C)C(OC)OC)C(=O)OC(C)(C)C. The van der Waals surface area contributed by atoms with Crippen LogP contribution in [0.1, 0.15) is 27.7 Å². The van der Waals surface area contributed by atoms with Gasteiger partial charge in [0.25, 0.3) is 0 Å². The number of hydrogen-bond donors (Lipinski definition) is 1. The Morgan fingerprint density at radius 3 is 2.18 bits per heavy atom. The summed E-state index contributed by atoms with van der Waals surface area (Å²) in [6.07, 6.45) is -0.664. The van der Waals surface area contributed by atoms with E-state index in [1.807, 2.05) is 27.7 Å². The summed E-state index contributed by atoms with van der Waals surface area (Å²) in [4.78, 5) is 13.8. The normalized spacial score (nSPS) is 13.3. The van der Waals surface area contributed by atoms with E-state index in [-0.39, 0.29) is 18.4 Å². The van der Waals surface area contributed by atoms with Crippen LogP contribution in [0.2, 0.25) is 0 Å². The van der Waals surface area contributed by atoms with Crippen molar-refractivity contribution < 1.29 is 23.7 Å². The van der Waals surface area contributed by atoms with Gasteiger partial charge in [-0.25, -0.2) is 4.79 Å². The van der Waals surface area contributed by atoms with Gasteiger partial charge in [-0.15, -0.1) is 0 Å². The van der Waals surface area contributed by atoms with Crippen molar-refractivity contribution in [1.82, 2.24) is 10.2 Å². The highest BCUT2D eigenvalue weighted by Gasteiger charge is 2.22. The lowest BCUT2D eigenvalue weighted by atomic mass is 10.2. The van der Waals surface area contributed by atoms with E-state index in [0.29, 0.717) is 26.2 Å². The van der Waals surface area contributed by atoms with Crippen molar-refractivity contribution in [3.8, 4) is 0 Å². The molecule has 0 heterocycles. The molecule has 22 heavy (non-hydrogen) atoms. The molecule has 0 aliphatic rings. The van der Waals surface area contributed by atoms with Gasteiger partial charge in [0.05, 0.1) is 12.6 Å². The van der Waals surface area contributed by atoms with Gasteiger partial charge < -0.3 is 29.2 Å². The van der Waals surface area contributed by atoms with Crippen LogP contribution in [-0.2, 0) is 18.9 Å². The Morgan fingerprint density at radius 1 is 1.14 bits per heavy atom. The topological polar surface area (TPSA) is 69.3 Å². The van der Waals surface area contributed by atoms with Gasteiger partial charge in [0.15, 0.2) is 6.29 Å². The lowest BCUT2D eigenvalue weighted by Gasteiger charge is -2.28. The first-order valence-electron chi connectivity index (χ1n) is 7.51. The number of carbonyl (C=O) groups excluding carboxylic acids is 1. The van der Waals surface area contributed by atoms with E-state index in [4.69, 9.17) is 18.9 Å². The first kappa shape index (κ1) is 21.1. The highest BCUT2D eigenvalue weighted by atomic mass is 16.7. The average molecular weight is 320 g/mol. The molecule has 132 valence electrons. The third-order valence-corrected chi connectivity index (χ3v) is 2.94. The predicted molar refractivity (Wildman–Crippen MR) is 85.0 cm³/mol. The van der Waals surface area contributed by atoms with Gasteiger partial charge >= 0.3 is 6.09 Å². The maximum atomic E-state index is 12.2. The minimum absolute atomic E-state index is 0.0120. The zero-order chi connectivity index (χ0) is 17.2. The molecule has 0 aromatic heterocycles. The summed E-state index contributed by atoms with van der Waals surface area (Å²) in [7, 11) is 4.80. The molecule has 0 rings (SSSR count). The first-order chi connectivity index (χ1) is 10.2. The molecule has 0 fully saturated rings. The second kappa shape index (κ2) is 10.8. The molecule has 0 aromatic carbocycles. The Labute approximate surface area is 134 Å². The summed E-state index contributed by atoms with van der Waals surface area (Å²) in [6, 6.07) is 0.0120. The number of nitrogens with one attached hydrogen (secondary N) is 1. The molecule has 7 nitrogen and oxygen atoms in total. The largest absolute Gasteiger partial charge is 0.444 e. The number of ether oxygens (including phenoxy) is 4. The number of methoxy groups -OCH3 is 3. The van der Waals surface area contributed by atoms with E-state index in [0.717, 1.165) is 0 Å². The summed E-state index contributed by atoms with van der Waals surface area (Å²) in [6.45, 7) is 9.58. The van der Waals surface area contributed by atoms with Crippen molar-refractivity contribution in [2.45, 2.75) is 45.6 Å². The number of carbonyl (C=O) groups is 1. The number of rotatable bonds is 10. The quantitative estimate of drug-likeness (QED) is 0.615. The van der Waals surface area contributed by atoms with Crippen LogP contribution >= 0.6 is 0 Å². The lowest BCUT2D eigenvalue weighted by Crippen LogP contribution is -2.46. The average Bonchev–Trinajstić information content (AvgIpc) is 2.41. The minimum atomic E-state index is -0.514. The standard InChI is InChI=1S/C15H32N2O5/c1-12(13(20-6)21-7)16-8-9-17(10-11-19-5)14(18)22-15(2,3)4/h12-13,16H,8-11H2,1-7H3. The molecule has 1 unspecified atom stereocenters. The van der Waals surface area contributed by atoms with Crippen molar-refractivity contribution >= 4 is 6.09 Å². The highest BCUT2D eigenvalue weighted by Crippen LogP contribution is 2.09. The van der Waals surface area contributed by atoms with Crippen LogP contribution in [0.3, 0.4) is 0 Å². The second-order valence-electron chi connectivity index (χ2n) is 6.04. The molecule has 0 aliphatic carbocycles. The highest BCUT2D eigenvalue weighted by molar-refractivity contribution is 5.68. The van der Waals surface area contributed by atoms with Crippen molar-refractivity contribution in [2.75, 3.05) is 47.6 Å². The van der Waals surface area contributed by atoms with E-state index >= 15 is 0 Å². The maximum Gasteiger partial charge on any atom is 0.410 e. The molecule has 7 heteroatoms. The van der Waals surface area contributed by atoms with Crippen LogP contribution in [0.25, 0.3) is 0 Å². The minimum Gasteiger partial charge on any atom is -0.444 e. The smallest absolute Gasteiger partial charge is 0.410 e. The summed E-state index contributed by atoms with van der Waals surface area (Å²) < 4.78 is 20.8. The molecule has 1 atom stereocenters. The Balaban J connectivity index is 4.38. The van der Waals surface area contributed by atoms with Crippen LogP contribution < -0.4 is 5.32 Å². The zero-order valence-corrected chi connectivity index (χ0v) is 15.0. The molecule has 0 aliphatic heterocycles. The van der Waals surface area contributed by atoms with Crippen LogP contribution in [0.5, 0.6) is 0 Å². The van der Waals surface area contributed by atoms with E-state index in [9.17, 15) is 4.79 Å². The monoisotopic (exact) mass is 320 g/mol. The zero-order valence-electron chi connectivity index (χ0n) is 15.0. The fourth-order valence-corrected chi connectivity index (χ4v) is 1.85. The van der Waals surface area contributed by atoms with Gasteiger partial charge in [0.2, 0.25) is 0 Å². The van der Waals surface area contributed by atoms with Crippen molar-refractivity contribution in [3.05, 3.63) is 0 Å². The van der Waals surface area contributed by atoms with Gasteiger partial charge in [-0.1, -0.05) is 0 Å². The van der Waals surface area contributed by atoms with E-state index in [2.05, 4.69) is 5.32 Å². The second-order valence-corrected chi connectivity index (χ2v) is 6.04. The lowest BCUT2D eigenvalue weighted by molar-refractivity contribution is -0.119. The van der Waals surface area contributed by atoms with Crippen LogP contribution in [0, 0.1) is 0 Å². The van der Waals surface area contributed by atoms with E-state index in [1.165, 1.54) is 0 Å². The predicted octanol–water partition coefficient (Wildman–Crippen LogP) is 1.47. The van der Waals surface area contributed by atoms with Gasteiger partial charge in [0.1, 0.15) is 5.60 Å². The van der Waals surface area contributed by atoms with Crippen molar-refractivity contribution in [2.24, 2.45) is 0 Å². The van der Waals surface area contributed by atoms with Crippen LogP contribution in [0.15, 0.2) is 0 Å². The molecule has 0 bridgehead atoms. The molecule has 1 N–H and O–H groups in total. The number of amides is 1. The van der Waals surface area contributed by atoms with Gasteiger partial charge in [-0.05, 0) is 27.7 Å². The van der Waals surface area contributed by atoms with Crippen molar-refractivity contribution in [1.29, 1.82) is 0 Å².